The van der Waals surface area contributed by atoms with Gasteiger partial charge >= 0.3 is 0 Å². The number of pyridine rings is 1. The number of para-hydroxylation sites is 2. The van der Waals surface area contributed by atoms with E-state index in [9.17, 15) is 0 Å². The van der Waals surface area contributed by atoms with Crippen molar-refractivity contribution in [3.8, 4) is 45.6 Å². The summed E-state index contributed by atoms with van der Waals surface area (Å²) in [5, 5.41) is 2.32. The molecule has 0 aliphatic carbocycles. The molecule has 3 aromatic heterocycles. The van der Waals surface area contributed by atoms with Crippen molar-refractivity contribution in [2.75, 3.05) is 0 Å². The monoisotopic (exact) mass is 762 g/mol. The molecular weight excluding hydrogens is 725 g/mol. The van der Waals surface area contributed by atoms with Gasteiger partial charge in [0, 0.05) is 34.2 Å². The van der Waals surface area contributed by atoms with Gasteiger partial charge in [-0.05, 0) is 94.4 Å². The molecule has 1 spiro atoms. The SMILES string of the molecule is CC(C)c1cccc2c1C1(c3cc(-c4ccccc4)ccc3O2)c2ccc(Oc3ccc4c5ccccc5n(-c5ccccn5)c4c3)cc2-n2[c-][n+](C)c3cccc1c32. The van der Waals surface area contributed by atoms with E-state index in [0.717, 1.165) is 84.2 Å². The molecule has 282 valence electrons. The molecule has 1 unspecified atom stereocenters. The van der Waals surface area contributed by atoms with Gasteiger partial charge in [0.15, 0.2) is 0 Å². The molecule has 0 amide bonds. The number of hydrogen-bond donors (Lipinski definition) is 0. The fourth-order valence-electron chi connectivity index (χ4n) is 9.92. The molecule has 0 fully saturated rings. The quantitative estimate of drug-likeness (QED) is 0.130. The molecule has 10 aromatic rings. The van der Waals surface area contributed by atoms with E-state index in [2.05, 4.69) is 187 Å². The van der Waals surface area contributed by atoms with Crippen molar-refractivity contribution >= 4 is 32.8 Å². The molecule has 2 aliphatic rings. The summed E-state index contributed by atoms with van der Waals surface area (Å²) in [5.41, 5.74) is 12.8. The average molecular weight is 763 g/mol. The van der Waals surface area contributed by atoms with E-state index in [-0.39, 0.29) is 5.92 Å². The van der Waals surface area contributed by atoms with Crippen LogP contribution < -0.4 is 14.0 Å². The maximum absolute atomic E-state index is 6.94. The lowest BCUT2D eigenvalue weighted by Crippen LogP contribution is -2.39. The highest BCUT2D eigenvalue weighted by Gasteiger charge is 2.50. The highest BCUT2D eigenvalue weighted by Crippen LogP contribution is 2.61. The van der Waals surface area contributed by atoms with E-state index < -0.39 is 5.41 Å². The van der Waals surface area contributed by atoms with Gasteiger partial charge in [0.25, 0.3) is 0 Å². The van der Waals surface area contributed by atoms with Gasteiger partial charge in [-0.1, -0.05) is 111 Å². The Morgan fingerprint density at radius 1 is 0.644 bits per heavy atom. The number of aryl methyl sites for hydroxylation is 1. The van der Waals surface area contributed by atoms with E-state index in [4.69, 9.17) is 14.5 Å². The Morgan fingerprint density at radius 3 is 2.31 bits per heavy atom. The van der Waals surface area contributed by atoms with Crippen LogP contribution in [0.4, 0.5) is 0 Å². The van der Waals surface area contributed by atoms with Crippen molar-refractivity contribution in [3.05, 3.63) is 204 Å². The number of aromatic nitrogens is 4. The van der Waals surface area contributed by atoms with Crippen LogP contribution in [0.15, 0.2) is 170 Å². The minimum Gasteiger partial charge on any atom is -0.458 e. The van der Waals surface area contributed by atoms with Crippen LogP contribution in [0.2, 0.25) is 0 Å². The third-order valence-corrected chi connectivity index (χ3v) is 12.4. The number of benzene rings is 7. The summed E-state index contributed by atoms with van der Waals surface area (Å²) in [6.07, 6.45) is 5.53. The van der Waals surface area contributed by atoms with Gasteiger partial charge in [-0.25, -0.2) is 4.98 Å². The maximum atomic E-state index is 6.94. The van der Waals surface area contributed by atoms with Crippen LogP contribution in [0, 0.1) is 6.33 Å². The van der Waals surface area contributed by atoms with Crippen LogP contribution in [0.1, 0.15) is 47.6 Å². The predicted octanol–water partition coefficient (Wildman–Crippen LogP) is 12.1. The molecule has 59 heavy (non-hydrogen) atoms. The second-order valence-corrected chi connectivity index (χ2v) is 16.0. The molecule has 1 atom stereocenters. The minimum absolute atomic E-state index is 0.238. The Morgan fingerprint density at radius 2 is 1.44 bits per heavy atom. The van der Waals surface area contributed by atoms with Crippen molar-refractivity contribution in [2.24, 2.45) is 7.05 Å². The number of hydrogen-bond acceptors (Lipinski definition) is 3. The van der Waals surface area contributed by atoms with Crippen LogP contribution in [0.5, 0.6) is 23.0 Å². The van der Waals surface area contributed by atoms with Gasteiger partial charge in [0.2, 0.25) is 6.33 Å². The summed E-state index contributed by atoms with van der Waals surface area (Å²) in [4.78, 5) is 4.74. The summed E-state index contributed by atoms with van der Waals surface area (Å²) in [7, 11) is 2.08. The Bertz CT molecular complexity index is 3330. The van der Waals surface area contributed by atoms with Crippen LogP contribution in [0.25, 0.3) is 55.5 Å². The second kappa shape index (κ2) is 12.5. The number of rotatable bonds is 5. The zero-order chi connectivity index (χ0) is 39.4. The zero-order valence-corrected chi connectivity index (χ0v) is 32.8. The van der Waals surface area contributed by atoms with Crippen molar-refractivity contribution in [3.63, 3.8) is 0 Å². The molecular formula is C53H38N4O2. The Labute approximate surface area is 341 Å². The highest BCUT2D eigenvalue weighted by atomic mass is 16.5. The molecule has 5 heterocycles. The topological polar surface area (TPSA) is 45.1 Å². The van der Waals surface area contributed by atoms with Gasteiger partial charge in [-0.2, -0.15) is 0 Å². The molecule has 7 aromatic carbocycles. The van der Waals surface area contributed by atoms with Crippen LogP contribution in [-0.4, -0.2) is 14.1 Å². The fourth-order valence-corrected chi connectivity index (χ4v) is 9.92. The standard InChI is InChI=1S/C53H38N4O2/c1-33(2)38-16-11-20-49-51(38)53(43-29-35(22-27-48(43)59-49)34-13-5-4-6-14-34)41-26-24-37(31-47(41)56-32-55(3)45-19-12-17-42(53)52(45)56)58-36-23-25-40-39-15-7-8-18-44(39)57(46(40)30-36)50-21-9-10-28-54-50/h4-31,33H,1-3H3. The largest absolute Gasteiger partial charge is 0.458 e. The third-order valence-electron chi connectivity index (χ3n) is 12.4. The second-order valence-electron chi connectivity index (χ2n) is 16.0. The van der Waals surface area contributed by atoms with Gasteiger partial charge < -0.3 is 18.6 Å². The number of ether oxygens (including phenoxy) is 2. The summed E-state index contributed by atoms with van der Waals surface area (Å²) >= 11 is 0. The third kappa shape index (κ3) is 4.74. The highest BCUT2D eigenvalue weighted by molar-refractivity contribution is 6.09. The van der Waals surface area contributed by atoms with E-state index in [1.165, 1.54) is 22.1 Å². The van der Waals surface area contributed by atoms with Crippen molar-refractivity contribution in [1.29, 1.82) is 0 Å². The molecule has 0 radical (unpaired) electrons. The van der Waals surface area contributed by atoms with E-state index in [1.807, 2.05) is 24.4 Å². The lowest BCUT2D eigenvalue weighted by molar-refractivity contribution is -0.649. The zero-order valence-electron chi connectivity index (χ0n) is 32.8. The van der Waals surface area contributed by atoms with Crippen molar-refractivity contribution in [2.45, 2.75) is 25.2 Å². The molecule has 12 rings (SSSR count). The molecule has 0 bridgehead atoms. The van der Waals surface area contributed by atoms with E-state index in [1.54, 1.807) is 0 Å². The predicted molar refractivity (Wildman–Crippen MR) is 233 cm³/mol. The molecule has 6 heteroatoms. The fraction of sp³-hybridized carbons (Fsp3) is 0.0943. The van der Waals surface area contributed by atoms with Crippen molar-refractivity contribution in [1.82, 2.24) is 14.1 Å². The Balaban J connectivity index is 1.11. The summed E-state index contributed by atoms with van der Waals surface area (Å²) in [5.74, 6) is 4.31. The lowest BCUT2D eigenvalue weighted by atomic mass is 9.60. The van der Waals surface area contributed by atoms with E-state index in [0.29, 0.717) is 0 Å². The van der Waals surface area contributed by atoms with Crippen LogP contribution >= 0.6 is 0 Å². The molecule has 0 N–H and O–H groups in total. The number of fused-ring (bicyclic) bond motifs is 11. The minimum atomic E-state index is -0.723. The van der Waals surface area contributed by atoms with Gasteiger partial charge in [-0.3, -0.25) is 4.57 Å². The normalized spacial score (nSPS) is 15.1. The van der Waals surface area contributed by atoms with Gasteiger partial charge in [0.1, 0.15) is 28.8 Å². The molecule has 2 aliphatic heterocycles. The average Bonchev–Trinajstić information content (AvgIpc) is 3.80. The summed E-state index contributed by atoms with van der Waals surface area (Å²) < 4.78 is 20.4. The summed E-state index contributed by atoms with van der Waals surface area (Å²) in [6.45, 7) is 4.56. The first-order valence-electron chi connectivity index (χ1n) is 20.2. The summed E-state index contributed by atoms with van der Waals surface area (Å²) in [6, 6.07) is 58.0. The number of nitrogens with zero attached hydrogens (tertiary/aromatic N) is 4. The first-order chi connectivity index (χ1) is 29.0. The van der Waals surface area contributed by atoms with Crippen LogP contribution in [0.3, 0.4) is 0 Å². The Kier molecular flexibility index (Phi) is 7.15. The maximum Gasteiger partial charge on any atom is 0.244 e. The lowest BCUT2D eigenvalue weighted by Gasteiger charge is -2.47. The molecule has 0 saturated carbocycles. The smallest absolute Gasteiger partial charge is 0.244 e. The molecule has 0 saturated heterocycles. The van der Waals surface area contributed by atoms with Gasteiger partial charge in [-0.15, -0.1) is 0 Å². The number of imidazole rings is 1. The molecule has 6 nitrogen and oxygen atoms in total. The first-order valence-corrected chi connectivity index (χ1v) is 20.2. The van der Waals surface area contributed by atoms with Crippen molar-refractivity contribution < 1.29 is 14.0 Å². The first kappa shape index (κ1) is 33.7. The van der Waals surface area contributed by atoms with Crippen LogP contribution in [-0.2, 0) is 12.5 Å². The van der Waals surface area contributed by atoms with E-state index >= 15 is 0 Å². The Hall–Kier alpha value is -7.44. The van der Waals surface area contributed by atoms with Gasteiger partial charge in [0.05, 0.1) is 40.2 Å².